The summed E-state index contributed by atoms with van der Waals surface area (Å²) in [5, 5.41) is 4.97. The van der Waals surface area contributed by atoms with Gasteiger partial charge in [0.1, 0.15) is 11.5 Å². The van der Waals surface area contributed by atoms with Gasteiger partial charge < -0.3 is 14.0 Å². The molecule has 0 spiro atoms. The molecule has 2 aromatic carbocycles. The van der Waals surface area contributed by atoms with E-state index in [1.807, 2.05) is 33.7 Å². The van der Waals surface area contributed by atoms with E-state index in [0.717, 1.165) is 37.1 Å². The molecule has 0 aliphatic carbocycles. The Kier molecular flexibility index (Phi) is 4.92. The Morgan fingerprint density at radius 1 is 1.07 bits per heavy atom. The van der Waals surface area contributed by atoms with Gasteiger partial charge in [0, 0.05) is 50.7 Å². The number of carbonyl (C=O) groups excluding carboxylic acids is 1. The van der Waals surface area contributed by atoms with Crippen LogP contribution in [0.4, 0.5) is 4.39 Å². The number of aromatic nitrogens is 3. The lowest BCUT2D eigenvalue weighted by Crippen LogP contribution is -2.49. The fourth-order valence-corrected chi connectivity index (χ4v) is 4.01. The van der Waals surface area contributed by atoms with Gasteiger partial charge in [-0.05, 0) is 24.3 Å². The first-order chi connectivity index (χ1) is 14.7. The number of imidazole rings is 1. The molecule has 1 saturated heterocycles. The highest BCUT2D eigenvalue weighted by Crippen LogP contribution is 2.19. The first kappa shape index (κ1) is 18.7. The molecule has 0 saturated carbocycles. The summed E-state index contributed by atoms with van der Waals surface area (Å²) in [6.45, 7) is 4.69. The van der Waals surface area contributed by atoms with Crippen molar-refractivity contribution in [2.45, 2.75) is 13.0 Å². The fourth-order valence-electron chi connectivity index (χ4n) is 4.01. The number of hydrogen-bond donors (Lipinski definition) is 0. The molecule has 2 aromatic heterocycles. The molecule has 1 amide bonds. The Labute approximate surface area is 172 Å². The lowest BCUT2D eigenvalue weighted by Gasteiger charge is -2.34. The number of benzene rings is 2. The molecular formula is C22H22FN5O2. The zero-order valence-corrected chi connectivity index (χ0v) is 16.5. The Bertz CT molecular complexity index is 1190. The summed E-state index contributed by atoms with van der Waals surface area (Å²) in [7, 11) is 0. The number of para-hydroxylation sites is 1. The summed E-state index contributed by atoms with van der Waals surface area (Å²) >= 11 is 0. The topological polar surface area (TPSA) is 67.4 Å². The minimum Gasteiger partial charge on any atom is -0.356 e. The molecule has 30 heavy (non-hydrogen) atoms. The van der Waals surface area contributed by atoms with Crippen LogP contribution in [0.3, 0.4) is 0 Å². The van der Waals surface area contributed by atoms with Crippen LogP contribution < -0.4 is 0 Å². The van der Waals surface area contributed by atoms with Crippen molar-refractivity contribution in [2.75, 3.05) is 32.7 Å². The van der Waals surface area contributed by atoms with Crippen LogP contribution in [-0.4, -0.2) is 63.1 Å². The maximum Gasteiger partial charge on any atom is 0.228 e. The van der Waals surface area contributed by atoms with Crippen LogP contribution in [0.1, 0.15) is 5.69 Å². The van der Waals surface area contributed by atoms with Gasteiger partial charge in [-0.15, -0.1) is 0 Å². The number of hydrogen-bond acceptors (Lipinski definition) is 5. The maximum atomic E-state index is 13.3. The number of halogens is 1. The average Bonchev–Trinajstić information content (AvgIpc) is 3.36. The van der Waals surface area contributed by atoms with Crippen molar-refractivity contribution >= 4 is 27.9 Å². The summed E-state index contributed by atoms with van der Waals surface area (Å²) < 4.78 is 20.7. The molecule has 0 radical (unpaired) electrons. The van der Waals surface area contributed by atoms with E-state index in [2.05, 4.69) is 15.0 Å². The van der Waals surface area contributed by atoms with Gasteiger partial charge in [0.2, 0.25) is 5.91 Å². The third-order valence-electron chi connectivity index (χ3n) is 5.74. The number of rotatable bonds is 5. The van der Waals surface area contributed by atoms with Crippen LogP contribution in [0.25, 0.3) is 22.0 Å². The van der Waals surface area contributed by atoms with E-state index in [1.165, 1.54) is 12.1 Å². The highest BCUT2D eigenvalue weighted by atomic mass is 19.1. The van der Waals surface area contributed by atoms with Gasteiger partial charge in [-0.3, -0.25) is 9.69 Å². The van der Waals surface area contributed by atoms with Crippen molar-refractivity contribution in [3.05, 3.63) is 60.3 Å². The normalized spacial score (nSPS) is 15.3. The number of carbonyl (C=O) groups is 1. The summed E-state index contributed by atoms with van der Waals surface area (Å²) in [6.07, 6.45) is 2.01. The van der Waals surface area contributed by atoms with Gasteiger partial charge in [-0.2, -0.15) is 0 Å². The zero-order chi connectivity index (χ0) is 20.5. The van der Waals surface area contributed by atoms with Crippen molar-refractivity contribution in [3.8, 4) is 0 Å². The summed E-state index contributed by atoms with van der Waals surface area (Å²) in [4.78, 5) is 21.2. The van der Waals surface area contributed by atoms with Crippen LogP contribution in [0, 0.1) is 5.82 Å². The van der Waals surface area contributed by atoms with Crippen molar-refractivity contribution in [3.63, 3.8) is 0 Å². The minimum absolute atomic E-state index is 0.0799. The van der Waals surface area contributed by atoms with Crippen molar-refractivity contribution in [1.82, 2.24) is 24.5 Å². The first-order valence-corrected chi connectivity index (χ1v) is 10.1. The predicted octanol–water partition coefficient (Wildman–Crippen LogP) is 2.70. The third kappa shape index (κ3) is 3.66. The lowest BCUT2D eigenvalue weighted by atomic mass is 10.1. The highest BCUT2D eigenvalue weighted by Gasteiger charge is 2.23. The van der Waals surface area contributed by atoms with E-state index in [0.29, 0.717) is 29.9 Å². The third-order valence-corrected chi connectivity index (χ3v) is 5.74. The summed E-state index contributed by atoms with van der Waals surface area (Å²) in [5.41, 5.74) is 3.01. The molecular weight excluding hydrogens is 385 g/mol. The SMILES string of the molecule is O=C(Cc1noc2ccccc12)N1CCN(CCn2cnc3cc(F)ccc32)CC1. The van der Waals surface area contributed by atoms with Gasteiger partial charge in [0.25, 0.3) is 0 Å². The predicted molar refractivity (Wildman–Crippen MR) is 110 cm³/mol. The van der Waals surface area contributed by atoms with Gasteiger partial charge in [0.05, 0.1) is 23.8 Å². The van der Waals surface area contributed by atoms with Crippen molar-refractivity contribution in [2.24, 2.45) is 0 Å². The molecule has 0 atom stereocenters. The second kappa shape index (κ2) is 7.87. The second-order valence-electron chi connectivity index (χ2n) is 7.60. The molecule has 1 fully saturated rings. The minimum atomic E-state index is -0.271. The van der Waals surface area contributed by atoms with E-state index in [-0.39, 0.29) is 18.1 Å². The van der Waals surface area contributed by atoms with E-state index in [4.69, 9.17) is 4.52 Å². The molecule has 0 N–H and O–H groups in total. The molecule has 1 aliphatic rings. The molecule has 0 unspecified atom stereocenters. The van der Waals surface area contributed by atoms with E-state index in [9.17, 15) is 9.18 Å². The van der Waals surface area contributed by atoms with E-state index in [1.54, 1.807) is 12.4 Å². The van der Waals surface area contributed by atoms with Crippen LogP contribution >= 0.6 is 0 Å². The molecule has 8 heteroatoms. The van der Waals surface area contributed by atoms with Gasteiger partial charge in [-0.25, -0.2) is 9.37 Å². The molecule has 4 aromatic rings. The smallest absolute Gasteiger partial charge is 0.228 e. The van der Waals surface area contributed by atoms with E-state index >= 15 is 0 Å². The standard InChI is InChI=1S/C22H22FN5O2/c23-16-5-6-20-19(13-16)24-15-28(20)12-9-26-7-10-27(11-8-26)22(29)14-18-17-3-1-2-4-21(17)30-25-18/h1-6,13,15H,7-12,14H2. The zero-order valence-electron chi connectivity index (χ0n) is 16.5. The fraction of sp³-hybridized carbons (Fsp3) is 0.318. The molecule has 5 rings (SSSR count). The van der Waals surface area contributed by atoms with Crippen LogP contribution in [0.15, 0.2) is 53.3 Å². The number of piperazine rings is 1. The second-order valence-corrected chi connectivity index (χ2v) is 7.60. The average molecular weight is 407 g/mol. The largest absolute Gasteiger partial charge is 0.356 e. The Morgan fingerprint density at radius 3 is 2.77 bits per heavy atom. The quantitative estimate of drug-likeness (QED) is 0.509. The molecule has 7 nitrogen and oxygen atoms in total. The Hall–Kier alpha value is -3.26. The van der Waals surface area contributed by atoms with Gasteiger partial charge in [-0.1, -0.05) is 17.3 Å². The molecule has 0 bridgehead atoms. The monoisotopic (exact) mass is 407 g/mol. The molecule has 1 aliphatic heterocycles. The van der Waals surface area contributed by atoms with Gasteiger partial charge in [0.15, 0.2) is 5.58 Å². The molecule has 3 heterocycles. The van der Waals surface area contributed by atoms with Crippen molar-refractivity contribution in [1.29, 1.82) is 0 Å². The lowest BCUT2D eigenvalue weighted by molar-refractivity contribution is -0.132. The number of amides is 1. The van der Waals surface area contributed by atoms with Gasteiger partial charge >= 0.3 is 0 Å². The number of fused-ring (bicyclic) bond motifs is 2. The summed E-state index contributed by atoms with van der Waals surface area (Å²) in [6, 6.07) is 12.3. The maximum absolute atomic E-state index is 13.3. The molecule has 154 valence electrons. The highest BCUT2D eigenvalue weighted by molar-refractivity contribution is 5.86. The summed E-state index contributed by atoms with van der Waals surface area (Å²) in [5.74, 6) is -0.191. The Morgan fingerprint density at radius 2 is 1.90 bits per heavy atom. The van der Waals surface area contributed by atoms with Crippen LogP contribution in [0.5, 0.6) is 0 Å². The first-order valence-electron chi connectivity index (χ1n) is 10.1. The van der Waals surface area contributed by atoms with Crippen molar-refractivity contribution < 1.29 is 13.7 Å². The van der Waals surface area contributed by atoms with Crippen LogP contribution in [-0.2, 0) is 17.8 Å². The van der Waals surface area contributed by atoms with Crippen LogP contribution in [0.2, 0.25) is 0 Å². The Balaban J connectivity index is 1.14. The van der Waals surface area contributed by atoms with E-state index < -0.39 is 0 Å². The number of nitrogens with zero attached hydrogens (tertiary/aromatic N) is 5.